The summed E-state index contributed by atoms with van der Waals surface area (Å²) in [5.74, 6) is 3.13. The second-order valence-electron chi connectivity index (χ2n) is 14.4. The van der Waals surface area contributed by atoms with E-state index in [1.807, 2.05) is 137 Å². The van der Waals surface area contributed by atoms with Gasteiger partial charge in [-0.15, -0.1) is 11.2 Å². The Bertz CT molecular complexity index is 1750. The topological polar surface area (TPSA) is 139 Å². The monoisotopic (exact) mass is 814 g/mol. The van der Waals surface area contributed by atoms with Gasteiger partial charge in [-0.2, -0.15) is 11.4 Å². The van der Waals surface area contributed by atoms with Crippen LogP contribution in [0, 0.1) is 0 Å². The van der Waals surface area contributed by atoms with Gasteiger partial charge in [0.15, 0.2) is 22.9 Å². The first-order valence-electron chi connectivity index (χ1n) is 18.2. The van der Waals surface area contributed by atoms with Gasteiger partial charge in [0.25, 0.3) is 0 Å². The summed E-state index contributed by atoms with van der Waals surface area (Å²) in [6.45, 7) is 17.7. The van der Waals surface area contributed by atoms with Gasteiger partial charge in [-0.05, 0) is 36.4 Å². The fourth-order valence-electron chi connectivity index (χ4n) is 4.51. The molecule has 0 saturated heterocycles. The zero-order valence-corrected chi connectivity index (χ0v) is 40.0. The number of nitrogens with one attached hydrogen (secondary N) is 2. The summed E-state index contributed by atoms with van der Waals surface area (Å²) in [5, 5.41) is 29.4. The number of nitrogens with zero attached hydrogens (tertiary/aromatic N) is 2. The van der Waals surface area contributed by atoms with Gasteiger partial charge in [-0.3, -0.25) is 0 Å². The molecule has 0 radical (unpaired) electrons. The van der Waals surface area contributed by atoms with Crippen molar-refractivity contribution in [2.45, 2.75) is 80.4 Å². The summed E-state index contributed by atoms with van der Waals surface area (Å²) in [7, 11) is 6.62. The van der Waals surface area contributed by atoms with E-state index in [1.54, 1.807) is 70.0 Å². The van der Waals surface area contributed by atoms with Crippen molar-refractivity contribution in [3.05, 3.63) is 131 Å². The van der Waals surface area contributed by atoms with Gasteiger partial charge in [-0.25, -0.2) is 9.98 Å². The van der Waals surface area contributed by atoms with E-state index >= 15 is 0 Å². The van der Waals surface area contributed by atoms with Gasteiger partial charge in [0, 0.05) is 26.0 Å². The molecule has 0 bridgehead atoms. The number of hydrogen-bond acceptors (Lipinski definition) is 6. The summed E-state index contributed by atoms with van der Waals surface area (Å²) >= 11 is 0. The number of ether oxygens (including phenoxy) is 4. The van der Waals surface area contributed by atoms with E-state index in [4.69, 9.17) is 18.9 Å². The van der Waals surface area contributed by atoms with Crippen LogP contribution in [0.5, 0.6) is 23.0 Å². The number of allylic oxidation sites excluding steroid dienone is 4. The Morgan fingerprint density at radius 2 is 0.707 bits per heavy atom. The van der Waals surface area contributed by atoms with Gasteiger partial charge in [0.1, 0.15) is 11.5 Å². The maximum absolute atomic E-state index is 10.1. The SMILES string of the molecule is CC(C)(C)[O-].CC(C)(C)[O-].COc1ccccc1[N-]/C(C)=C\C(C)=[NH+]c1ccccc1OC.COc1ccccc1[N-]/C(C)=C\C(C)=[NH+]c1ccccc1OC.[Mg+2].[Mg+2]. The molecule has 0 heterocycles. The molecule has 0 unspecified atom stereocenters. The fourth-order valence-corrected chi connectivity index (χ4v) is 4.51. The van der Waals surface area contributed by atoms with Crippen LogP contribution in [-0.4, -0.2) is 97.2 Å². The van der Waals surface area contributed by atoms with Crippen LogP contribution in [-0.2, 0) is 0 Å². The Balaban J connectivity index is 0. The Labute approximate surface area is 380 Å². The van der Waals surface area contributed by atoms with Crippen molar-refractivity contribution in [2.75, 3.05) is 28.4 Å². The second-order valence-corrected chi connectivity index (χ2v) is 14.4. The van der Waals surface area contributed by atoms with Crippen molar-refractivity contribution in [1.82, 2.24) is 0 Å². The molecule has 10 nitrogen and oxygen atoms in total. The predicted molar refractivity (Wildman–Crippen MR) is 239 cm³/mol. The Kier molecular flexibility index (Phi) is 28.2. The molecule has 304 valence electrons. The summed E-state index contributed by atoms with van der Waals surface area (Å²) in [5.41, 5.74) is 5.70. The third-order valence-corrected chi connectivity index (χ3v) is 6.49. The second kappa shape index (κ2) is 29.2. The van der Waals surface area contributed by atoms with E-state index in [1.165, 1.54) is 0 Å². The van der Waals surface area contributed by atoms with E-state index in [9.17, 15) is 10.2 Å². The Morgan fingerprint density at radius 3 is 0.983 bits per heavy atom. The molecule has 0 aliphatic rings. The van der Waals surface area contributed by atoms with Crippen molar-refractivity contribution in [3.8, 4) is 23.0 Å². The number of benzene rings is 4. The van der Waals surface area contributed by atoms with E-state index in [2.05, 4.69) is 20.6 Å². The van der Waals surface area contributed by atoms with Crippen molar-refractivity contribution >= 4 is 80.3 Å². The van der Waals surface area contributed by atoms with Gasteiger partial charge < -0.3 is 39.8 Å². The number of hydrogen-bond donors (Lipinski definition) is 2. The van der Waals surface area contributed by atoms with Crippen LogP contribution in [0.15, 0.2) is 121 Å². The summed E-state index contributed by atoms with van der Waals surface area (Å²) in [4.78, 5) is 6.66. The molecule has 0 aromatic heterocycles. The molecule has 2 N–H and O–H groups in total. The van der Waals surface area contributed by atoms with Crippen molar-refractivity contribution in [1.29, 1.82) is 0 Å². The zero-order valence-electron chi connectivity index (χ0n) is 37.2. The smallest absolute Gasteiger partial charge is 0.850 e. The normalized spacial score (nSPS) is 11.6. The van der Waals surface area contributed by atoms with Gasteiger partial charge in [0.2, 0.25) is 11.4 Å². The fraction of sp³-hybridized carbons (Fsp3) is 0.348. The third kappa shape index (κ3) is 26.1. The van der Waals surface area contributed by atoms with Gasteiger partial charge in [0.05, 0.1) is 28.4 Å². The molecule has 0 aliphatic carbocycles. The number of para-hydroxylation sites is 8. The third-order valence-electron chi connectivity index (χ3n) is 6.49. The van der Waals surface area contributed by atoms with Crippen LogP contribution in [0.2, 0.25) is 0 Å². The molecule has 0 fully saturated rings. The summed E-state index contributed by atoms with van der Waals surface area (Å²) in [6, 6.07) is 31.0. The first-order chi connectivity index (χ1) is 26.3. The van der Waals surface area contributed by atoms with Crippen LogP contribution in [0.25, 0.3) is 10.6 Å². The molecule has 0 saturated carbocycles. The summed E-state index contributed by atoms with van der Waals surface area (Å²) < 4.78 is 21.3. The van der Waals surface area contributed by atoms with E-state index in [0.717, 1.165) is 68.6 Å². The largest absolute Gasteiger partial charge is 2.00 e. The van der Waals surface area contributed by atoms with E-state index in [0.29, 0.717) is 0 Å². The predicted octanol–water partition coefficient (Wildman–Crippen LogP) is 6.50. The molecule has 4 aromatic rings. The molecule has 0 spiro atoms. The minimum Gasteiger partial charge on any atom is -0.850 e. The standard InChI is InChI=1S/2C19H21N2O2.2C4H9O.2Mg/c2*1-14(20-16-9-5-7-11-18(16)22-3)13-15(2)21-17-10-6-8-12-19(17)23-4;2*1-4(2,3)5;;/h2*5-13H,1-4H3;2*1-3H3;;/q4*-1;2*+2/p+2/b2*14-13-,21-15?;;;;. The molecular formula is C46H62Mg2N4O6+2. The minimum absolute atomic E-state index is 0. The van der Waals surface area contributed by atoms with Crippen LogP contribution >= 0.6 is 0 Å². The molecule has 0 aliphatic heterocycles. The Hall–Kier alpha value is -4.05. The van der Waals surface area contributed by atoms with Crippen LogP contribution in [0.4, 0.5) is 22.7 Å². The van der Waals surface area contributed by atoms with E-state index < -0.39 is 11.2 Å². The molecule has 12 heteroatoms. The average Bonchev–Trinajstić information content (AvgIpc) is 3.11. The first kappa shape index (κ1) is 56.0. The molecular weight excluding hydrogens is 753 g/mol. The van der Waals surface area contributed by atoms with Crippen molar-refractivity contribution in [3.63, 3.8) is 0 Å². The molecule has 0 atom stereocenters. The quantitative estimate of drug-likeness (QED) is 0.124. The number of rotatable bonds is 12. The maximum Gasteiger partial charge on any atom is 2.00 e. The number of methoxy groups -OCH3 is 4. The molecule has 4 aromatic carbocycles. The zero-order chi connectivity index (χ0) is 42.3. The maximum atomic E-state index is 10.1. The van der Waals surface area contributed by atoms with Gasteiger partial charge in [-0.1, -0.05) is 127 Å². The van der Waals surface area contributed by atoms with Crippen LogP contribution in [0.3, 0.4) is 0 Å². The van der Waals surface area contributed by atoms with E-state index in [-0.39, 0.29) is 46.1 Å². The molecule has 4 rings (SSSR count). The summed E-state index contributed by atoms with van der Waals surface area (Å²) in [6.07, 6.45) is 3.97. The van der Waals surface area contributed by atoms with Crippen molar-refractivity contribution < 1.29 is 39.1 Å². The van der Waals surface area contributed by atoms with Crippen LogP contribution in [0.1, 0.15) is 69.2 Å². The first-order valence-corrected chi connectivity index (χ1v) is 18.2. The molecule has 0 amide bonds. The average molecular weight is 816 g/mol. The van der Waals surface area contributed by atoms with Crippen LogP contribution < -0.4 is 39.1 Å². The van der Waals surface area contributed by atoms with Gasteiger partial charge >= 0.3 is 46.1 Å². The molecule has 58 heavy (non-hydrogen) atoms. The Morgan fingerprint density at radius 1 is 0.466 bits per heavy atom. The van der Waals surface area contributed by atoms with Crippen molar-refractivity contribution in [2.24, 2.45) is 0 Å². The minimum atomic E-state index is -0.750.